The fourth-order valence-electron chi connectivity index (χ4n) is 2.81. The summed E-state index contributed by atoms with van der Waals surface area (Å²) in [5.41, 5.74) is -0.270. The highest BCUT2D eigenvalue weighted by molar-refractivity contribution is 5.92. The molecule has 0 saturated carbocycles. The summed E-state index contributed by atoms with van der Waals surface area (Å²) in [6, 6.07) is 1.13. The molecule has 1 aliphatic rings. The lowest BCUT2D eigenvalue weighted by Gasteiger charge is -2.32. The molecule has 3 rings (SSSR count). The van der Waals surface area contributed by atoms with Crippen LogP contribution in [0.5, 0.6) is 0 Å². The number of aromatic amines is 1. The van der Waals surface area contributed by atoms with E-state index in [1.165, 1.54) is 0 Å². The van der Waals surface area contributed by atoms with Crippen LogP contribution in [0.15, 0.2) is 24.8 Å². The maximum atomic E-state index is 12.6. The summed E-state index contributed by atoms with van der Waals surface area (Å²) in [6.45, 7) is 2.04. The second-order valence-corrected chi connectivity index (χ2v) is 5.53. The third kappa shape index (κ3) is 3.15. The molecule has 1 amide bonds. The van der Waals surface area contributed by atoms with Gasteiger partial charge in [0.05, 0.1) is 6.33 Å². The molecule has 1 saturated heterocycles. The van der Waals surface area contributed by atoms with Crippen LogP contribution in [0.2, 0.25) is 0 Å². The number of rotatable bonds is 4. The molecule has 0 unspecified atom stereocenters. The molecule has 0 bridgehead atoms. The van der Waals surface area contributed by atoms with E-state index in [4.69, 9.17) is 0 Å². The molecule has 22 heavy (non-hydrogen) atoms. The molecule has 0 radical (unpaired) electrons. The minimum atomic E-state index is -2.65. The second kappa shape index (κ2) is 6.25. The minimum Gasteiger partial charge on any atom is -0.337 e. The van der Waals surface area contributed by atoms with Crippen LogP contribution in [-0.2, 0) is 6.54 Å². The highest BCUT2D eigenvalue weighted by Crippen LogP contribution is 2.21. The van der Waals surface area contributed by atoms with E-state index >= 15 is 0 Å². The van der Waals surface area contributed by atoms with Gasteiger partial charge >= 0.3 is 0 Å². The smallest absolute Gasteiger partial charge is 0.279 e. The van der Waals surface area contributed by atoms with Crippen molar-refractivity contribution in [2.24, 2.45) is 5.92 Å². The van der Waals surface area contributed by atoms with Crippen molar-refractivity contribution in [3.05, 3.63) is 36.2 Å². The summed E-state index contributed by atoms with van der Waals surface area (Å²) in [6.07, 6.45) is 4.65. The van der Waals surface area contributed by atoms with Crippen LogP contribution < -0.4 is 0 Å². The van der Waals surface area contributed by atoms with Crippen LogP contribution in [0, 0.1) is 5.92 Å². The first-order valence-electron chi connectivity index (χ1n) is 7.22. The predicted molar refractivity (Wildman–Crippen MR) is 74.4 cm³/mol. The van der Waals surface area contributed by atoms with E-state index in [1.807, 2.05) is 10.8 Å². The Morgan fingerprint density at radius 3 is 3.05 bits per heavy atom. The molecule has 6 nitrogen and oxygen atoms in total. The lowest BCUT2D eigenvalue weighted by molar-refractivity contribution is 0.0656. The Labute approximate surface area is 126 Å². The van der Waals surface area contributed by atoms with Crippen LogP contribution >= 0.6 is 0 Å². The molecule has 1 aliphatic heterocycles. The third-order valence-electron chi connectivity index (χ3n) is 3.89. The summed E-state index contributed by atoms with van der Waals surface area (Å²) < 4.78 is 27.1. The monoisotopic (exact) mass is 309 g/mol. The van der Waals surface area contributed by atoms with Gasteiger partial charge in [-0.1, -0.05) is 0 Å². The molecule has 2 aromatic rings. The Morgan fingerprint density at radius 2 is 2.36 bits per heavy atom. The van der Waals surface area contributed by atoms with Crippen LogP contribution in [0.3, 0.4) is 0 Å². The molecule has 3 heterocycles. The van der Waals surface area contributed by atoms with Gasteiger partial charge < -0.3 is 9.47 Å². The van der Waals surface area contributed by atoms with Crippen molar-refractivity contribution in [3.63, 3.8) is 0 Å². The number of carbonyl (C=O) groups excluding carboxylic acids is 1. The average molecular weight is 309 g/mol. The number of nitrogens with one attached hydrogen (secondary N) is 1. The summed E-state index contributed by atoms with van der Waals surface area (Å²) in [7, 11) is 0. The number of carbonyl (C=O) groups is 1. The van der Waals surface area contributed by atoms with Crippen molar-refractivity contribution in [1.29, 1.82) is 0 Å². The molecule has 2 aromatic heterocycles. The van der Waals surface area contributed by atoms with Gasteiger partial charge in [0.2, 0.25) is 0 Å². The Morgan fingerprint density at radius 1 is 1.50 bits per heavy atom. The van der Waals surface area contributed by atoms with Gasteiger partial charge in [-0.15, -0.1) is 0 Å². The fourth-order valence-corrected chi connectivity index (χ4v) is 2.81. The fraction of sp³-hybridized carbons (Fsp3) is 0.500. The van der Waals surface area contributed by atoms with Gasteiger partial charge in [-0.25, -0.2) is 13.8 Å². The van der Waals surface area contributed by atoms with Gasteiger partial charge in [-0.3, -0.25) is 9.89 Å². The van der Waals surface area contributed by atoms with Crippen molar-refractivity contribution < 1.29 is 13.6 Å². The summed E-state index contributed by atoms with van der Waals surface area (Å²) in [5, 5.41) is 5.91. The zero-order chi connectivity index (χ0) is 15.5. The highest BCUT2D eigenvalue weighted by Gasteiger charge is 2.26. The maximum absolute atomic E-state index is 12.6. The first kappa shape index (κ1) is 14.7. The SMILES string of the molecule is O=C(c1cc(C(F)F)[nH]n1)N1CCC[C@@H](Cn2ccnc2)C1. The van der Waals surface area contributed by atoms with Gasteiger partial charge in [-0.2, -0.15) is 5.10 Å². The normalized spacial score (nSPS) is 18.9. The molecule has 118 valence electrons. The molecule has 0 aliphatic carbocycles. The number of hydrogen-bond donors (Lipinski definition) is 1. The van der Waals surface area contributed by atoms with Crippen LogP contribution in [-0.4, -0.2) is 43.6 Å². The summed E-state index contributed by atoms with van der Waals surface area (Å²) in [5.74, 6) is 0.0406. The minimum absolute atomic E-state index is 0.0542. The van der Waals surface area contributed by atoms with Gasteiger partial charge in [0.15, 0.2) is 5.69 Å². The Balaban J connectivity index is 1.64. The van der Waals surface area contributed by atoms with E-state index in [0.717, 1.165) is 25.5 Å². The zero-order valence-electron chi connectivity index (χ0n) is 12.0. The lowest BCUT2D eigenvalue weighted by Crippen LogP contribution is -2.41. The second-order valence-electron chi connectivity index (χ2n) is 5.53. The number of alkyl halides is 2. The molecular weight excluding hydrogens is 292 g/mol. The first-order chi connectivity index (χ1) is 10.6. The van der Waals surface area contributed by atoms with Gasteiger partial charge in [0.25, 0.3) is 12.3 Å². The molecular formula is C14H17F2N5O. The lowest BCUT2D eigenvalue weighted by atomic mass is 9.97. The molecule has 0 spiro atoms. The number of imidazole rings is 1. The Hall–Kier alpha value is -2.25. The van der Waals surface area contributed by atoms with Crippen LogP contribution in [0.1, 0.15) is 35.4 Å². The van der Waals surface area contributed by atoms with Gasteiger partial charge in [0.1, 0.15) is 5.69 Å². The topological polar surface area (TPSA) is 66.8 Å². The number of halogens is 2. The number of likely N-dealkylation sites (tertiary alicyclic amines) is 1. The van der Waals surface area contributed by atoms with Crippen molar-refractivity contribution in [3.8, 4) is 0 Å². The Kier molecular flexibility index (Phi) is 4.17. The van der Waals surface area contributed by atoms with Crippen molar-refractivity contribution >= 4 is 5.91 Å². The average Bonchev–Trinajstić information content (AvgIpc) is 3.18. The third-order valence-corrected chi connectivity index (χ3v) is 3.89. The maximum Gasteiger partial charge on any atom is 0.279 e. The molecule has 1 fully saturated rings. The van der Waals surface area contributed by atoms with E-state index in [2.05, 4.69) is 15.2 Å². The van der Waals surface area contributed by atoms with E-state index < -0.39 is 6.43 Å². The van der Waals surface area contributed by atoms with E-state index in [9.17, 15) is 13.6 Å². The molecule has 8 heteroatoms. The number of piperidine rings is 1. The number of H-pyrrole nitrogens is 1. The largest absolute Gasteiger partial charge is 0.337 e. The summed E-state index contributed by atoms with van der Waals surface area (Å²) in [4.78, 5) is 18.1. The molecule has 1 N–H and O–H groups in total. The van der Waals surface area contributed by atoms with Crippen LogP contribution in [0.4, 0.5) is 8.78 Å². The van der Waals surface area contributed by atoms with Crippen molar-refractivity contribution in [1.82, 2.24) is 24.6 Å². The predicted octanol–water partition coefficient (Wildman–Crippen LogP) is 2.10. The molecule has 1 atom stereocenters. The zero-order valence-corrected chi connectivity index (χ0v) is 12.0. The van der Waals surface area contributed by atoms with Crippen molar-refractivity contribution in [2.45, 2.75) is 25.8 Å². The van der Waals surface area contributed by atoms with Crippen LogP contribution in [0.25, 0.3) is 0 Å². The quantitative estimate of drug-likeness (QED) is 0.940. The number of hydrogen-bond acceptors (Lipinski definition) is 3. The number of nitrogens with zero attached hydrogens (tertiary/aromatic N) is 4. The van der Waals surface area contributed by atoms with E-state index in [0.29, 0.717) is 19.0 Å². The standard InChI is InChI=1S/C14H17F2N5O/c15-13(16)11-6-12(19-18-11)14(22)21-4-1-2-10(8-21)7-20-5-3-17-9-20/h3,5-6,9-10,13H,1-2,4,7-8H2,(H,18,19)/t10-/m0/s1. The van der Waals surface area contributed by atoms with E-state index in [1.54, 1.807) is 17.4 Å². The van der Waals surface area contributed by atoms with E-state index in [-0.39, 0.29) is 17.3 Å². The Bertz CT molecular complexity index is 625. The highest BCUT2D eigenvalue weighted by atomic mass is 19.3. The summed E-state index contributed by atoms with van der Waals surface area (Å²) >= 11 is 0. The number of aromatic nitrogens is 4. The van der Waals surface area contributed by atoms with Gasteiger partial charge in [-0.05, 0) is 24.8 Å². The number of amides is 1. The van der Waals surface area contributed by atoms with Crippen molar-refractivity contribution in [2.75, 3.05) is 13.1 Å². The first-order valence-corrected chi connectivity index (χ1v) is 7.22. The molecule has 0 aromatic carbocycles. The van der Waals surface area contributed by atoms with Gasteiger partial charge in [0, 0.05) is 32.0 Å².